The second kappa shape index (κ2) is 11.3. The molecule has 6 heteroatoms. The van der Waals surface area contributed by atoms with Crippen LogP contribution in [0.5, 0.6) is 5.75 Å². The number of anilines is 1. The van der Waals surface area contributed by atoms with Crippen molar-refractivity contribution in [3.8, 4) is 5.75 Å². The molecule has 6 rings (SSSR count). The number of benzene rings is 2. The molecule has 0 unspecified atom stereocenters. The lowest BCUT2D eigenvalue weighted by molar-refractivity contribution is -0.144. The number of fused-ring (bicyclic) bond motifs is 3. The van der Waals surface area contributed by atoms with Crippen molar-refractivity contribution in [3.05, 3.63) is 87.7 Å². The number of carboxylic acid groups (broad SMARTS) is 1. The molecule has 1 aromatic heterocycles. The van der Waals surface area contributed by atoms with Crippen molar-refractivity contribution in [3.63, 3.8) is 0 Å². The van der Waals surface area contributed by atoms with E-state index >= 15 is 0 Å². The Morgan fingerprint density at radius 1 is 1.12 bits per heavy atom. The van der Waals surface area contributed by atoms with Crippen molar-refractivity contribution in [2.75, 3.05) is 11.9 Å². The summed E-state index contributed by atoms with van der Waals surface area (Å²) in [5, 5.41) is 14.4. The van der Waals surface area contributed by atoms with E-state index in [0.29, 0.717) is 36.3 Å². The minimum Gasteiger partial charge on any atom is -0.493 e. The first-order valence-electron chi connectivity index (χ1n) is 15.3. The van der Waals surface area contributed by atoms with E-state index < -0.39 is 11.5 Å². The summed E-state index contributed by atoms with van der Waals surface area (Å²) >= 11 is 6.22. The van der Waals surface area contributed by atoms with Crippen molar-refractivity contribution in [2.45, 2.75) is 89.0 Å². The van der Waals surface area contributed by atoms with Gasteiger partial charge in [-0.15, -0.1) is 0 Å². The number of nitrogens with zero attached hydrogens (tertiary/aromatic N) is 1. The van der Waals surface area contributed by atoms with Crippen LogP contribution >= 0.6 is 11.6 Å². The number of aromatic nitrogens is 1. The molecule has 0 amide bonds. The molecule has 2 aromatic carbocycles. The van der Waals surface area contributed by atoms with Crippen LogP contribution in [0, 0.1) is 18.8 Å². The molecule has 1 heterocycles. The van der Waals surface area contributed by atoms with Crippen LogP contribution in [0.4, 0.5) is 5.69 Å². The fourth-order valence-electron chi connectivity index (χ4n) is 7.94. The van der Waals surface area contributed by atoms with Crippen LogP contribution < -0.4 is 10.1 Å². The molecule has 2 N–H and O–H groups in total. The lowest BCUT2D eigenvalue weighted by Gasteiger charge is -2.47. The van der Waals surface area contributed by atoms with E-state index in [4.69, 9.17) is 21.3 Å². The minimum atomic E-state index is -0.995. The van der Waals surface area contributed by atoms with Crippen LogP contribution in [-0.4, -0.2) is 28.2 Å². The van der Waals surface area contributed by atoms with E-state index in [-0.39, 0.29) is 5.41 Å². The molecule has 0 saturated heterocycles. The van der Waals surface area contributed by atoms with Crippen molar-refractivity contribution in [2.24, 2.45) is 11.8 Å². The molecule has 1 spiro atoms. The van der Waals surface area contributed by atoms with Crippen molar-refractivity contribution < 1.29 is 14.6 Å². The standard InChI is InChI=1S/C35H41ClN2O3/c1-23(22-41-32-24(2)21-37-31-13-6-4-11-29(31)32)18-26-19-25-8-3-5-12-30(25)34(26)14-16-35(17-15-34,33(39)40)38-28-10-7-9-27(36)20-28/h3,5,7-10,12,20-21,23,26,38H,4,6,11,13-19,22H2,1-2H3,(H,39,40)/t23-,26+,34?,35?/m1/s1. The van der Waals surface area contributed by atoms with Gasteiger partial charge < -0.3 is 15.2 Å². The number of ether oxygens (including phenoxy) is 1. The van der Waals surface area contributed by atoms with Crippen molar-refractivity contribution >= 4 is 23.3 Å². The van der Waals surface area contributed by atoms with Crippen molar-refractivity contribution in [1.82, 2.24) is 4.98 Å². The number of nitrogens with one attached hydrogen (secondary N) is 1. The third-order valence-corrected chi connectivity index (χ3v) is 10.3. The lowest BCUT2D eigenvalue weighted by atomic mass is 9.59. The van der Waals surface area contributed by atoms with Gasteiger partial charge >= 0.3 is 5.97 Å². The van der Waals surface area contributed by atoms with Crippen LogP contribution in [0.2, 0.25) is 5.02 Å². The summed E-state index contributed by atoms with van der Waals surface area (Å²) in [6.07, 6.45) is 11.4. The Balaban J connectivity index is 1.20. The largest absolute Gasteiger partial charge is 0.493 e. The van der Waals surface area contributed by atoms with E-state index in [9.17, 15) is 9.90 Å². The molecular formula is C35H41ClN2O3. The Labute approximate surface area is 248 Å². The molecule has 41 heavy (non-hydrogen) atoms. The van der Waals surface area contributed by atoms with Crippen LogP contribution in [0.1, 0.15) is 79.8 Å². The normalized spacial score (nSPS) is 25.8. The zero-order valence-corrected chi connectivity index (χ0v) is 25.0. The monoisotopic (exact) mass is 572 g/mol. The maximum atomic E-state index is 12.7. The number of aryl methyl sites for hydroxylation is 2. The van der Waals surface area contributed by atoms with Gasteiger partial charge in [0.25, 0.3) is 0 Å². The smallest absolute Gasteiger partial charge is 0.329 e. The van der Waals surface area contributed by atoms with E-state index in [2.05, 4.69) is 43.4 Å². The minimum absolute atomic E-state index is 0.00837. The molecule has 1 fully saturated rings. The van der Waals surface area contributed by atoms with Gasteiger partial charge in [-0.25, -0.2) is 4.79 Å². The SMILES string of the molecule is Cc1cnc2c(c1OC[C@H](C)C[C@H]1Cc3ccccc3C13CCC(Nc1cccc(Cl)c1)(C(=O)O)CC3)CCCC2. The average molecular weight is 573 g/mol. The Morgan fingerprint density at radius 3 is 2.68 bits per heavy atom. The summed E-state index contributed by atoms with van der Waals surface area (Å²) in [5.41, 5.74) is 6.28. The highest BCUT2D eigenvalue weighted by Crippen LogP contribution is 2.56. The van der Waals surface area contributed by atoms with Gasteiger partial charge in [-0.1, -0.05) is 48.9 Å². The van der Waals surface area contributed by atoms with E-state index in [0.717, 1.165) is 55.5 Å². The molecule has 0 aliphatic heterocycles. The molecule has 5 nitrogen and oxygen atoms in total. The first-order valence-corrected chi connectivity index (χ1v) is 15.6. The predicted octanol–water partition coefficient (Wildman–Crippen LogP) is 7.95. The summed E-state index contributed by atoms with van der Waals surface area (Å²) in [5.74, 6) is 1.12. The van der Waals surface area contributed by atoms with Gasteiger partial charge in [0.15, 0.2) is 0 Å². The summed E-state index contributed by atoms with van der Waals surface area (Å²) in [6, 6.07) is 16.2. The van der Waals surface area contributed by atoms with Crippen LogP contribution in [0.15, 0.2) is 54.7 Å². The summed E-state index contributed by atoms with van der Waals surface area (Å²) in [4.78, 5) is 17.4. The molecule has 216 valence electrons. The Bertz CT molecular complexity index is 1430. The summed E-state index contributed by atoms with van der Waals surface area (Å²) in [6.45, 7) is 5.11. The number of pyridine rings is 1. The van der Waals surface area contributed by atoms with Gasteiger partial charge in [0.1, 0.15) is 11.3 Å². The molecule has 1 saturated carbocycles. The van der Waals surface area contributed by atoms with Gasteiger partial charge in [0.2, 0.25) is 0 Å². The fraction of sp³-hybridized carbons (Fsp3) is 0.486. The predicted molar refractivity (Wildman–Crippen MR) is 164 cm³/mol. The van der Waals surface area contributed by atoms with Gasteiger partial charge in [0.05, 0.1) is 6.61 Å². The van der Waals surface area contributed by atoms with E-state index in [1.807, 2.05) is 30.5 Å². The Morgan fingerprint density at radius 2 is 1.90 bits per heavy atom. The maximum Gasteiger partial charge on any atom is 0.329 e. The average Bonchev–Trinajstić information content (AvgIpc) is 3.26. The number of hydrogen-bond donors (Lipinski definition) is 2. The van der Waals surface area contributed by atoms with Crippen LogP contribution in [-0.2, 0) is 29.5 Å². The number of carboxylic acids is 1. The molecule has 3 aliphatic rings. The fourth-order valence-corrected chi connectivity index (χ4v) is 8.13. The molecule has 2 atom stereocenters. The second-order valence-corrected chi connectivity index (χ2v) is 13.2. The number of halogens is 1. The number of hydrogen-bond acceptors (Lipinski definition) is 4. The molecule has 3 aliphatic carbocycles. The Kier molecular flexibility index (Phi) is 7.76. The first-order chi connectivity index (χ1) is 19.8. The van der Waals surface area contributed by atoms with Gasteiger partial charge in [-0.05, 0) is 118 Å². The van der Waals surface area contributed by atoms with Gasteiger partial charge in [-0.3, -0.25) is 4.98 Å². The molecular weight excluding hydrogens is 532 g/mol. The number of aliphatic carboxylic acids is 1. The van der Waals surface area contributed by atoms with Crippen LogP contribution in [0.3, 0.4) is 0 Å². The van der Waals surface area contributed by atoms with Gasteiger partial charge in [0, 0.05) is 33.7 Å². The third-order valence-electron chi connectivity index (χ3n) is 10.1. The Hall–Kier alpha value is -3.05. The topological polar surface area (TPSA) is 71.5 Å². The summed E-state index contributed by atoms with van der Waals surface area (Å²) < 4.78 is 6.56. The van der Waals surface area contributed by atoms with Crippen molar-refractivity contribution in [1.29, 1.82) is 0 Å². The summed E-state index contributed by atoms with van der Waals surface area (Å²) in [7, 11) is 0. The number of carbonyl (C=O) groups is 1. The third kappa shape index (κ3) is 5.34. The quantitative estimate of drug-likeness (QED) is 0.286. The van der Waals surface area contributed by atoms with Gasteiger partial charge in [-0.2, -0.15) is 0 Å². The van der Waals surface area contributed by atoms with E-state index in [1.54, 1.807) is 0 Å². The zero-order chi connectivity index (χ0) is 28.6. The maximum absolute atomic E-state index is 12.7. The number of rotatable bonds is 8. The molecule has 0 radical (unpaired) electrons. The highest BCUT2D eigenvalue weighted by atomic mass is 35.5. The highest BCUT2D eigenvalue weighted by molar-refractivity contribution is 6.30. The second-order valence-electron chi connectivity index (χ2n) is 12.8. The molecule has 0 bridgehead atoms. The van der Waals surface area contributed by atoms with Crippen LogP contribution in [0.25, 0.3) is 0 Å². The van der Waals surface area contributed by atoms with E-state index in [1.165, 1.54) is 35.2 Å². The first kappa shape index (κ1) is 28.1. The molecule has 3 aromatic rings. The lowest BCUT2D eigenvalue weighted by Crippen LogP contribution is -2.53. The zero-order valence-electron chi connectivity index (χ0n) is 24.2. The highest BCUT2D eigenvalue weighted by Gasteiger charge is 2.54.